The van der Waals surface area contributed by atoms with Gasteiger partial charge in [0.2, 0.25) is 5.91 Å². The van der Waals surface area contributed by atoms with Crippen LogP contribution in [0, 0.1) is 11.8 Å². The second-order valence-corrected chi connectivity index (χ2v) is 7.19. The lowest BCUT2D eigenvalue weighted by Crippen LogP contribution is -2.66. The summed E-state index contributed by atoms with van der Waals surface area (Å²) in [5.41, 5.74) is 2.20. The molecule has 0 aromatic heterocycles. The van der Waals surface area contributed by atoms with Crippen molar-refractivity contribution in [1.29, 1.82) is 0 Å². The van der Waals surface area contributed by atoms with E-state index in [-0.39, 0.29) is 23.8 Å². The molecule has 4 heteroatoms. The predicted octanol–water partition coefficient (Wildman–Crippen LogP) is 3.25. The zero-order valence-electron chi connectivity index (χ0n) is 15.4. The summed E-state index contributed by atoms with van der Waals surface area (Å²) in [7, 11) is 0. The molecule has 1 fully saturated rings. The smallest absolute Gasteiger partial charge is 0.228 e. The number of β-lactam (4-membered cyclic amide) rings is 1. The van der Waals surface area contributed by atoms with Crippen LogP contribution in [0.25, 0.3) is 0 Å². The van der Waals surface area contributed by atoms with Crippen LogP contribution in [0.3, 0.4) is 0 Å². The van der Waals surface area contributed by atoms with Crippen molar-refractivity contribution >= 4 is 5.91 Å². The van der Waals surface area contributed by atoms with Crippen LogP contribution in [0.15, 0.2) is 60.7 Å². The molecule has 1 amide bonds. The van der Waals surface area contributed by atoms with Gasteiger partial charge in [-0.2, -0.15) is 0 Å². The van der Waals surface area contributed by atoms with Crippen LogP contribution in [-0.2, 0) is 22.7 Å². The van der Waals surface area contributed by atoms with E-state index in [0.717, 1.165) is 11.1 Å². The summed E-state index contributed by atoms with van der Waals surface area (Å²) in [6.45, 7) is 5.39. The Labute approximate surface area is 155 Å². The van der Waals surface area contributed by atoms with Crippen molar-refractivity contribution in [3.8, 4) is 0 Å². The highest BCUT2D eigenvalue weighted by Gasteiger charge is 2.51. The number of nitrogens with zero attached hydrogens (tertiary/aromatic N) is 1. The number of amides is 1. The number of carbonyl (C=O) groups is 1. The third kappa shape index (κ3) is 4.14. The quantitative estimate of drug-likeness (QED) is 0.741. The summed E-state index contributed by atoms with van der Waals surface area (Å²) in [6.07, 6.45) is -0.557. The minimum absolute atomic E-state index is 0.0674. The van der Waals surface area contributed by atoms with E-state index >= 15 is 0 Å². The third-order valence-corrected chi connectivity index (χ3v) is 5.09. The number of aliphatic hydroxyl groups excluding tert-OH is 1. The van der Waals surface area contributed by atoms with E-state index in [0.29, 0.717) is 19.8 Å². The van der Waals surface area contributed by atoms with E-state index in [2.05, 4.69) is 0 Å². The van der Waals surface area contributed by atoms with Crippen LogP contribution >= 0.6 is 0 Å². The standard InChI is InChI=1S/C22H27NO3/c1-16(14-26-15-19-11-7-4-8-12-19)20-21(17(2)24)23(22(20)25)13-18-9-5-3-6-10-18/h3-12,16-17,20-21,24H,13-15H2,1-2H3/t16?,17-,20+,21+/m1/s1. The highest BCUT2D eigenvalue weighted by atomic mass is 16.5. The number of benzene rings is 2. The van der Waals surface area contributed by atoms with Crippen LogP contribution < -0.4 is 0 Å². The lowest BCUT2D eigenvalue weighted by atomic mass is 9.76. The summed E-state index contributed by atoms with van der Waals surface area (Å²) < 4.78 is 5.82. The summed E-state index contributed by atoms with van der Waals surface area (Å²) in [5, 5.41) is 10.2. The fourth-order valence-corrected chi connectivity index (χ4v) is 3.74. The Morgan fingerprint density at radius 2 is 1.58 bits per heavy atom. The highest BCUT2D eigenvalue weighted by molar-refractivity contribution is 5.86. The number of hydrogen-bond donors (Lipinski definition) is 1. The van der Waals surface area contributed by atoms with E-state index < -0.39 is 6.10 Å². The molecule has 1 N–H and O–H groups in total. The average molecular weight is 353 g/mol. The highest BCUT2D eigenvalue weighted by Crippen LogP contribution is 2.36. The van der Waals surface area contributed by atoms with E-state index in [9.17, 15) is 9.90 Å². The molecule has 1 heterocycles. The number of rotatable bonds is 8. The van der Waals surface area contributed by atoms with E-state index in [4.69, 9.17) is 4.74 Å². The fourth-order valence-electron chi connectivity index (χ4n) is 3.74. The van der Waals surface area contributed by atoms with Gasteiger partial charge in [0, 0.05) is 6.54 Å². The second kappa shape index (κ2) is 8.47. The average Bonchev–Trinajstić information content (AvgIpc) is 2.65. The molecule has 2 aromatic rings. The summed E-state index contributed by atoms with van der Waals surface area (Å²) in [5.74, 6) is -0.0112. The van der Waals surface area contributed by atoms with Crippen molar-refractivity contribution in [2.24, 2.45) is 11.8 Å². The van der Waals surface area contributed by atoms with Gasteiger partial charge in [-0.05, 0) is 24.0 Å². The molecule has 0 spiro atoms. The molecule has 1 aliphatic heterocycles. The Morgan fingerprint density at radius 3 is 2.15 bits per heavy atom. The minimum Gasteiger partial charge on any atom is -0.391 e. The predicted molar refractivity (Wildman–Crippen MR) is 101 cm³/mol. The molecule has 2 aromatic carbocycles. The summed E-state index contributed by atoms with van der Waals surface area (Å²) in [4.78, 5) is 14.5. The van der Waals surface area contributed by atoms with Crippen molar-refractivity contribution < 1.29 is 14.6 Å². The van der Waals surface area contributed by atoms with Crippen LogP contribution in [0.5, 0.6) is 0 Å². The first-order valence-electron chi connectivity index (χ1n) is 9.22. The fraction of sp³-hybridized carbons (Fsp3) is 0.409. The van der Waals surface area contributed by atoms with Gasteiger partial charge >= 0.3 is 0 Å². The van der Waals surface area contributed by atoms with Crippen molar-refractivity contribution in [2.45, 2.75) is 39.1 Å². The lowest BCUT2D eigenvalue weighted by molar-refractivity contribution is -0.172. The van der Waals surface area contributed by atoms with Gasteiger partial charge in [0.15, 0.2) is 0 Å². The molecule has 0 radical (unpaired) electrons. The summed E-state index contributed by atoms with van der Waals surface area (Å²) in [6, 6.07) is 19.8. The first kappa shape index (κ1) is 18.6. The van der Waals surface area contributed by atoms with Crippen LogP contribution in [0.2, 0.25) is 0 Å². The number of hydrogen-bond acceptors (Lipinski definition) is 3. The first-order valence-corrected chi connectivity index (χ1v) is 9.22. The SMILES string of the molecule is CC(COCc1ccccc1)[C@@H]1C(=O)N(Cc2ccccc2)[C@H]1[C@@H](C)O. The third-order valence-electron chi connectivity index (χ3n) is 5.09. The monoisotopic (exact) mass is 353 g/mol. The molecular weight excluding hydrogens is 326 g/mol. The van der Waals surface area contributed by atoms with E-state index in [1.807, 2.05) is 67.6 Å². The molecule has 138 valence electrons. The molecule has 26 heavy (non-hydrogen) atoms. The zero-order chi connectivity index (χ0) is 18.5. The number of aliphatic hydroxyl groups is 1. The van der Waals surface area contributed by atoms with Crippen LogP contribution in [-0.4, -0.2) is 34.7 Å². The van der Waals surface area contributed by atoms with Gasteiger partial charge in [-0.1, -0.05) is 67.6 Å². The van der Waals surface area contributed by atoms with Gasteiger partial charge in [-0.25, -0.2) is 0 Å². The Morgan fingerprint density at radius 1 is 1.00 bits per heavy atom. The second-order valence-electron chi connectivity index (χ2n) is 7.19. The first-order chi connectivity index (χ1) is 12.6. The Balaban J connectivity index is 1.57. The number of ether oxygens (including phenoxy) is 1. The van der Waals surface area contributed by atoms with Crippen LogP contribution in [0.1, 0.15) is 25.0 Å². The molecule has 0 saturated carbocycles. The molecule has 1 aliphatic rings. The van der Waals surface area contributed by atoms with Crippen molar-refractivity contribution in [3.05, 3.63) is 71.8 Å². The van der Waals surface area contributed by atoms with Crippen LogP contribution in [0.4, 0.5) is 0 Å². The Bertz CT molecular complexity index is 702. The Hall–Kier alpha value is -2.17. The van der Waals surface area contributed by atoms with Gasteiger partial charge in [-0.15, -0.1) is 0 Å². The van der Waals surface area contributed by atoms with Gasteiger partial charge in [0.1, 0.15) is 0 Å². The molecular formula is C22H27NO3. The molecule has 4 nitrogen and oxygen atoms in total. The van der Waals surface area contributed by atoms with Crippen molar-refractivity contribution in [2.75, 3.05) is 6.61 Å². The normalized spacial score (nSPS) is 22.0. The molecule has 3 rings (SSSR count). The molecule has 1 saturated heterocycles. The number of likely N-dealkylation sites (tertiary alicyclic amines) is 1. The molecule has 4 atom stereocenters. The molecule has 0 aliphatic carbocycles. The van der Waals surface area contributed by atoms with E-state index in [1.54, 1.807) is 11.8 Å². The van der Waals surface area contributed by atoms with Gasteiger partial charge in [0.25, 0.3) is 0 Å². The lowest BCUT2D eigenvalue weighted by Gasteiger charge is -2.51. The summed E-state index contributed by atoms with van der Waals surface area (Å²) >= 11 is 0. The van der Waals surface area contributed by atoms with Crippen molar-refractivity contribution in [1.82, 2.24) is 4.90 Å². The minimum atomic E-state index is -0.557. The topological polar surface area (TPSA) is 49.8 Å². The maximum atomic E-state index is 12.7. The largest absolute Gasteiger partial charge is 0.391 e. The Kier molecular flexibility index (Phi) is 6.07. The van der Waals surface area contributed by atoms with Gasteiger partial charge in [-0.3, -0.25) is 4.79 Å². The maximum absolute atomic E-state index is 12.7. The van der Waals surface area contributed by atoms with Crippen molar-refractivity contribution in [3.63, 3.8) is 0 Å². The molecule has 0 bridgehead atoms. The molecule has 1 unspecified atom stereocenters. The van der Waals surface area contributed by atoms with E-state index in [1.165, 1.54) is 0 Å². The zero-order valence-corrected chi connectivity index (χ0v) is 15.4. The number of carbonyl (C=O) groups excluding carboxylic acids is 1. The maximum Gasteiger partial charge on any atom is 0.228 e. The van der Waals surface area contributed by atoms with Gasteiger partial charge < -0.3 is 14.7 Å². The van der Waals surface area contributed by atoms with Gasteiger partial charge in [0.05, 0.1) is 31.3 Å².